The third kappa shape index (κ3) is 3.52. The molecule has 1 amide bonds. The van der Waals surface area contributed by atoms with Crippen LogP contribution in [0.2, 0.25) is 0 Å². The van der Waals surface area contributed by atoms with Gasteiger partial charge in [-0.1, -0.05) is 24.3 Å². The lowest BCUT2D eigenvalue weighted by atomic mass is 9.82. The molecule has 0 aromatic heterocycles. The first-order valence-electron chi connectivity index (χ1n) is 8.71. The van der Waals surface area contributed by atoms with Crippen molar-refractivity contribution in [3.8, 4) is 0 Å². The Kier molecular flexibility index (Phi) is 4.82. The third-order valence-electron chi connectivity index (χ3n) is 5.59. The van der Waals surface area contributed by atoms with Crippen molar-refractivity contribution in [2.24, 2.45) is 11.7 Å². The van der Waals surface area contributed by atoms with Crippen molar-refractivity contribution >= 4 is 5.91 Å². The highest BCUT2D eigenvalue weighted by molar-refractivity contribution is 5.76. The number of rotatable bonds is 3. The van der Waals surface area contributed by atoms with Crippen LogP contribution in [0.1, 0.15) is 49.7 Å². The van der Waals surface area contributed by atoms with E-state index in [0.717, 1.165) is 44.9 Å². The maximum atomic E-state index is 12.6. The zero-order valence-electron chi connectivity index (χ0n) is 13.6. The maximum Gasteiger partial charge on any atom is 0.222 e. The van der Waals surface area contributed by atoms with Crippen LogP contribution in [0.25, 0.3) is 0 Å². The number of fused-ring (bicyclic) bond motifs is 1. The molecule has 3 nitrogen and oxygen atoms in total. The van der Waals surface area contributed by atoms with E-state index < -0.39 is 0 Å². The molecule has 1 saturated carbocycles. The Morgan fingerprint density at radius 1 is 1.14 bits per heavy atom. The third-order valence-corrected chi connectivity index (χ3v) is 5.59. The van der Waals surface area contributed by atoms with Gasteiger partial charge in [0.15, 0.2) is 0 Å². The summed E-state index contributed by atoms with van der Waals surface area (Å²) in [6.45, 7) is 0. The first-order valence-corrected chi connectivity index (χ1v) is 8.71. The van der Waals surface area contributed by atoms with Crippen LogP contribution in [0, 0.1) is 5.92 Å². The molecule has 2 N–H and O–H groups in total. The summed E-state index contributed by atoms with van der Waals surface area (Å²) < 4.78 is 0. The van der Waals surface area contributed by atoms with Gasteiger partial charge in [0.2, 0.25) is 5.91 Å². The number of carbonyl (C=O) groups is 1. The Hall–Kier alpha value is -1.35. The second-order valence-corrected chi connectivity index (χ2v) is 7.15. The van der Waals surface area contributed by atoms with Gasteiger partial charge in [0, 0.05) is 25.6 Å². The molecule has 1 aromatic rings. The Balaban J connectivity index is 1.54. The van der Waals surface area contributed by atoms with Gasteiger partial charge in [0.05, 0.1) is 0 Å². The molecule has 0 radical (unpaired) electrons. The fourth-order valence-electron chi connectivity index (χ4n) is 4.03. The minimum Gasteiger partial charge on any atom is -0.343 e. The van der Waals surface area contributed by atoms with E-state index in [-0.39, 0.29) is 0 Å². The van der Waals surface area contributed by atoms with E-state index in [1.165, 1.54) is 11.1 Å². The highest BCUT2D eigenvalue weighted by Crippen LogP contribution is 2.29. The molecule has 1 atom stereocenters. The van der Waals surface area contributed by atoms with Crippen molar-refractivity contribution < 1.29 is 4.79 Å². The number of carbonyl (C=O) groups excluding carboxylic acids is 1. The van der Waals surface area contributed by atoms with Crippen LogP contribution in [0.5, 0.6) is 0 Å². The molecular formula is C19H28N2O. The summed E-state index contributed by atoms with van der Waals surface area (Å²) in [5.41, 5.74) is 8.88. The molecule has 0 heterocycles. The molecule has 0 spiro atoms. The van der Waals surface area contributed by atoms with Crippen molar-refractivity contribution in [3.05, 3.63) is 35.4 Å². The molecule has 0 aliphatic heterocycles. The van der Waals surface area contributed by atoms with E-state index in [0.29, 0.717) is 30.3 Å². The summed E-state index contributed by atoms with van der Waals surface area (Å²) in [4.78, 5) is 14.6. The lowest BCUT2D eigenvalue weighted by molar-refractivity contribution is -0.133. The van der Waals surface area contributed by atoms with Crippen LogP contribution in [0.3, 0.4) is 0 Å². The molecule has 0 saturated heterocycles. The lowest BCUT2D eigenvalue weighted by Gasteiger charge is -2.34. The van der Waals surface area contributed by atoms with E-state index in [1.54, 1.807) is 0 Å². The highest BCUT2D eigenvalue weighted by atomic mass is 16.2. The second-order valence-electron chi connectivity index (χ2n) is 7.15. The second kappa shape index (κ2) is 6.82. The Morgan fingerprint density at radius 3 is 2.55 bits per heavy atom. The molecular weight excluding hydrogens is 272 g/mol. The molecule has 1 unspecified atom stereocenters. The van der Waals surface area contributed by atoms with E-state index in [2.05, 4.69) is 24.3 Å². The zero-order chi connectivity index (χ0) is 15.5. The van der Waals surface area contributed by atoms with Gasteiger partial charge in [-0.15, -0.1) is 0 Å². The molecule has 3 heteroatoms. The number of aryl methyl sites for hydroxylation is 1. The molecule has 0 bridgehead atoms. The first-order chi connectivity index (χ1) is 10.6. The number of nitrogens with two attached hydrogens (primary N) is 1. The van der Waals surface area contributed by atoms with Crippen molar-refractivity contribution in [1.29, 1.82) is 0 Å². The number of hydrogen-bond donors (Lipinski definition) is 1. The van der Waals surface area contributed by atoms with E-state index in [1.807, 2.05) is 11.9 Å². The van der Waals surface area contributed by atoms with Crippen LogP contribution < -0.4 is 5.73 Å². The van der Waals surface area contributed by atoms with Crippen LogP contribution in [-0.2, 0) is 17.6 Å². The van der Waals surface area contributed by atoms with Gasteiger partial charge < -0.3 is 10.6 Å². The number of hydrogen-bond acceptors (Lipinski definition) is 2. The Morgan fingerprint density at radius 2 is 1.82 bits per heavy atom. The molecule has 1 aromatic carbocycles. The van der Waals surface area contributed by atoms with Gasteiger partial charge in [-0.2, -0.15) is 0 Å². The minimum atomic E-state index is 0.324. The number of amides is 1. The fraction of sp³-hybridized carbons (Fsp3) is 0.632. The Bertz CT molecular complexity index is 520. The van der Waals surface area contributed by atoms with Gasteiger partial charge in [0.1, 0.15) is 0 Å². The van der Waals surface area contributed by atoms with Crippen LogP contribution in [0.4, 0.5) is 0 Å². The summed E-state index contributed by atoms with van der Waals surface area (Å²) in [7, 11) is 1.99. The highest BCUT2D eigenvalue weighted by Gasteiger charge is 2.27. The number of benzene rings is 1. The normalized spacial score (nSPS) is 28.0. The summed E-state index contributed by atoms with van der Waals surface area (Å²) in [5, 5.41) is 0. The molecule has 2 aliphatic carbocycles. The smallest absolute Gasteiger partial charge is 0.222 e. The lowest BCUT2D eigenvalue weighted by Crippen LogP contribution is -2.42. The van der Waals surface area contributed by atoms with E-state index in [4.69, 9.17) is 5.73 Å². The average Bonchev–Trinajstić information content (AvgIpc) is 2.55. The van der Waals surface area contributed by atoms with Crippen molar-refractivity contribution in [1.82, 2.24) is 4.90 Å². The first kappa shape index (κ1) is 15.5. The minimum absolute atomic E-state index is 0.324. The predicted octanol–water partition coefficient (Wildman–Crippen LogP) is 2.91. The Labute approximate surface area is 133 Å². The SMILES string of the molecule is CN(C(=O)CC1CCc2ccccc2C1)C1CCC(N)CC1. The molecule has 22 heavy (non-hydrogen) atoms. The van der Waals surface area contributed by atoms with Gasteiger partial charge in [-0.3, -0.25) is 4.79 Å². The van der Waals surface area contributed by atoms with Crippen LogP contribution in [-0.4, -0.2) is 29.9 Å². The van der Waals surface area contributed by atoms with Crippen LogP contribution in [0.15, 0.2) is 24.3 Å². The predicted molar refractivity (Wildman–Crippen MR) is 89.6 cm³/mol. The van der Waals surface area contributed by atoms with Crippen molar-refractivity contribution in [3.63, 3.8) is 0 Å². The number of nitrogens with zero attached hydrogens (tertiary/aromatic N) is 1. The van der Waals surface area contributed by atoms with Gasteiger partial charge >= 0.3 is 0 Å². The monoisotopic (exact) mass is 300 g/mol. The van der Waals surface area contributed by atoms with E-state index >= 15 is 0 Å². The van der Waals surface area contributed by atoms with Gasteiger partial charge in [-0.25, -0.2) is 0 Å². The largest absolute Gasteiger partial charge is 0.343 e. The molecule has 2 aliphatic rings. The van der Waals surface area contributed by atoms with Gasteiger partial charge in [0.25, 0.3) is 0 Å². The van der Waals surface area contributed by atoms with Crippen molar-refractivity contribution in [2.45, 2.75) is 63.5 Å². The topological polar surface area (TPSA) is 46.3 Å². The molecule has 1 fully saturated rings. The summed E-state index contributed by atoms with van der Waals surface area (Å²) >= 11 is 0. The quantitative estimate of drug-likeness (QED) is 0.933. The zero-order valence-corrected chi connectivity index (χ0v) is 13.6. The maximum absolute atomic E-state index is 12.6. The van der Waals surface area contributed by atoms with Crippen molar-refractivity contribution in [2.75, 3.05) is 7.05 Å². The summed E-state index contributed by atoms with van der Waals surface area (Å²) in [6, 6.07) is 9.42. The standard InChI is InChI=1S/C19H28N2O/c1-21(18-10-8-17(20)9-11-18)19(22)13-14-6-7-15-4-2-3-5-16(15)12-14/h2-5,14,17-18H,6-13,20H2,1H3. The molecule has 120 valence electrons. The summed E-state index contributed by atoms with van der Waals surface area (Å²) in [6.07, 6.45) is 8.27. The van der Waals surface area contributed by atoms with Gasteiger partial charge in [-0.05, 0) is 62.0 Å². The fourth-order valence-corrected chi connectivity index (χ4v) is 4.03. The van der Waals surface area contributed by atoms with E-state index in [9.17, 15) is 4.79 Å². The van der Waals surface area contributed by atoms with Crippen LogP contribution >= 0.6 is 0 Å². The molecule has 3 rings (SSSR count). The summed E-state index contributed by atoms with van der Waals surface area (Å²) in [5.74, 6) is 0.834. The average molecular weight is 300 g/mol.